The topological polar surface area (TPSA) is 94.5 Å². The lowest BCUT2D eigenvalue weighted by molar-refractivity contribution is -0.242. The number of hydrogen-bond acceptors (Lipinski definition) is 7. The van der Waals surface area contributed by atoms with E-state index in [-0.39, 0.29) is 52.0 Å². The lowest BCUT2D eigenvalue weighted by Crippen LogP contribution is -2.60. The monoisotopic (exact) mass is 616 g/mol. The van der Waals surface area contributed by atoms with E-state index in [9.17, 15) is 15.0 Å². The van der Waals surface area contributed by atoms with E-state index in [1.165, 1.54) is 39.0 Å². The highest BCUT2D eigenvalue weighted by molar-refractivity contribution is 5.66. The van der Waals surface area contributed by atoms with E-state index >= 15 is 0 Å². The van der Waals surface area contributed by atoms with Gasteiger partial charge in [-0.2, -0.15) is 0 Å². The third kappa shape index (κ3) is 4.13. The molecule has 2 aliphatic heterocycles. The van der Waals surface area contributed by atoms with Gasteiger partial charge >= 0.3 is 5.97 Å². The van der Waals surface area contributed by atoms with Crippen molar-refractivity contribution in [3.05, 3.63) is 0 Å². The minimum Gasteiger partial charge on any atom is -0.457 e. The Kier molecular flexibility index (Phi) is 7.34. The predicted molar refractivity (Wildman–Crippen MR) is 166 cm³/mol. The molecule has 14 atom stereocenters. The zero-order valence-electron chi connectivity index (χ0n) is 28.7. The fourth-order valence-electron chi connectivity index (χ4n) is 13.6. The summed E-state index contributed by atoms with van der Waals surface area (Å²) in [5, 5.41) is 23.5. The number of aliphatic hydroxyl groups is 2. The maximum absolute atomic E-state index is 12.5. The van der Waals surface area contributed by atoms with Crippen LogP contribution >= 0.6 is 0 Å². The first-order valence-corrected chi connectivity index (χ1v) is 18.0. The summed E-state index contributed by atoms with van der Waals surface area (Å²) in [5.41, 5.74) is -0.788. The molecule has 0 aromatic rings. The molecule has 7 nitrogen and oxygen atoms in total. The highest BCUT2D eigenvalue weighted by atomic mass is 16.7. The minimum atomic E-state index is -1.24. The molecule has 44 heavy (non-hydrogen) atoms. The van der Waals surface area contributed by atoms with Crippen molar-refractivity contribution >= 4 is 5.97 Å². The molecule has 5 aliphatic carbocycles. The van der Waals surface area contributed by atoms with Crippen molar-refractivity contribution in [2.24, 2.45) is 50.7 Å². The maximum Gasteiger partial charge on any atom is 0.303 e. The molecule has 0 amide bonds. The summed E-state index contributed by atoms with van der Waals surface area (Å²) in [6, 6.07) is 0. The Morgan fingerprint density at radius 2 is 1.68 bits per heavy atom. The predicted octanol–water partition coefficient (Wildman–Crippen LogP) is 6.41. The van der Waals surface area contributed by atoms with Gasteiger partial charge in [0.2, 0.25) is 0 Å². The molecule has 0 aromatic carbocycles. The number of carbonyl (C=O) groups is 1. The van der Waals surface area contributed by atoms with Crippen LogP contribution in [0.5, 0.6) is 0 Å². The van der Waals surface area contributed by atoms with Gasteiger partial charge in [0, 0.05) is 18.9 Å². The first-order chi connectivity index (χ1) is 20.5. The molecule has 1 unspecified atom stereocenters. The highest BCUT2D eigenvalue weighted by Crippen LogP contribution is 2.89. The molecule has 7 rings (SSSR count). The number of hydrogen-bond donors (Lipinski definition) is 2. The third-order valence-corrected chi connectivity index (χ3v) is 15.5. The molecule has 2 saturated heterocycles. The van der Waals surface area contributed by atoms with Crippen LogP contribution in [0.2, 0.25) is 0 Å². The Balaban J connectivity index is 1.16. The van der Waals surface area contributed by atoms with Crippen LogP contribution in [0.25, 0.3) is 0 Å². The summed E-state index contributed by atoms with van der Waals surface area (Å²) in [6.45, 7) is 17.7. The zero-order valence-corrected chi connectivity index (χ0v) is 28.7. The number of ether oxygens (including phenoxy) is 4. The molecule has 2 heterocycles. The second-order valence-electron chi connectivity index (χ2n) is 18.2. The van der Waals surface area contributed by atoms with Gasteiger partial charge in [-0.05, 0) is 130 Å². The minimum absolute atomic E-state index is 0.0339. The fraction of sp³-hybridized carbons (Fsp3) is 0.973. The van der Waals surface area contributed by atoms with Gasteiger partial charge in [-0.25, -0.2) is 0 Å². The molecule has 2 N–H and O–H groups in total. The lowest BCUT2D eigenvalue weighted by atomic mass is 9.41. The molecule has 2 spiro atoms. The standard InChI is InChI=1S/C37H60O7/c1-21-19-23(31(33(5,6)40)42-22(2)38)43-29-28(21)34(7)16-17-37-20-36(37)15-14-26(44-27-11-9-10-18-41-27)32(3,4)24(36)12-13-25(37)35(34,8)30(29)39/h21,23-31,39-40H,9-20H2,1-8H3/t21-,23-,24+,25+,26+,27+,28+,29+,30+,31+,34-,35-,36-,37?/m1/s1. The summed E-state index contributed by atoms with van der Waals surface area (Å²) in [4.78, 5) is 12.0. The van der Waals surface area contributed by atoms with Crippen molar-refractivity contribution in [2.45, 2.75) is 168 Å². The van der Waals surface area contributed by atoms with Crippen molar-refractivity contribution < 1.29 is 34.0 Å². The van der Waals surface area contributed by atoms with Gasteiger partial charge in [-0.3, -0.25) is 4.79 Å². The molecule has 0 aromatic heterocycles. The molecule has 5 saturated carbocycles. The van der Waals surface area contributed by atoms with Gasteiger partial charge in [-0.15, -0.1) is 0 Å². The number of carbonyl (C=O) groups excluding carboxylic acids is 1. The van der Waals surface area contributed by atoms with Gasteiger partial charge < -0.3 is 29.2 Å². The van der Waals surface area contributed by atoms with Crippen molar-refractivity contribution in [1.29, 1.82) is 0 Å². The van der Waals surface area contributed by atoms with Crippen molar-refractivity contribution in [2.75, 3.05) is 6.61 Å². The molecule has 250 valence electrons. The van der Waals surface area contributed by atoms with Gasteiger partial charge in [0.15, 0.2) is 12.4 Å². The fourth-order valence-corrected chi connectivity index (χ4v) is 13.6. The van der Waals surface area contributed by atoms with E-state index in [0.29, 0.717) is 23.7 Å². The third-order valence-electron chi connectivity index (χ3n) is 15.5. The summed E-state index contributed by atoms with van der Waals surface area (Å²) in [5.74, 6) is 1.21. The highest BCUT2D eigenvalue weighted by Gasteiger charge is 2.84. The van der Waals surface area contributed by atoms with Gasteiger partial charge in [0.1, 0.15) is 0 Å². The maximum atomic E-state index is 12.5. The molecular weight excluding hydrogens is 556 g/mol. The number of esters is 1. The second kappa shape index (κ2) is 10.1. The molecule has 7 aliphatic rings. The summed E-state index contributed by atoms with van der Waals surface area (Å²) in [7, 11) is 0. The van der Waals surface area contributed by atoms with Crippen LogP contribution in [0.15, 0.2) is 0 Å². The van der Waals surface area contributed by atoms with E-state index in [4.69, 9.17) is 18.9 Å². The molecule has 0 bridgehead atoms. The first kappa shape index (κ1) is 31.8. The normalized spacial score (nSPS) is 53.3. The first-order valence-electron chi connectivity index (χ1n) is 18.0. The van der Waals surface area contributed by atoms with Crippen molar-refractivity contribution in [3.63, 3.8) is 0 Å². The summed E-state index contributed by atoms with van der Waals surface area (Å²) < 4.78 is 25.3. The van der Waals surface area contributed by atoms with Gasteiger partial charge in [0.25, 0.3) is 0 Å². The van der Waals surface area contributed by atoms with E-state index in [1.54, 1.807) is 13.8 Å². The average molecular weight is 617 g/mol. The van der Waals surface area contributed by atoms with Crippen molar-refractivity contribution in [1.82, 2.24) is 0 Å². The van der Waals surface area contributed by atoms with Crippen LogP contribution in [0.3, 0.4) is 0 Å². The summed E-state index contributed by atoms with van der Waals surface area (Å²) >= 11 is 0. The number of rotatable bonds is 5. The van der Waals surface area contributed by atoms with Crippen LogP contribution in [-0.4, -0.2) is 65.2 Å². The van der Waals surface area contributed by atoms with Crippen LogP contribution in [0.1, 0.15) is 126 Å². The van der Waals surface area contributed by atoms with Crippen LogP contribution < -0.4 is 0 Å². The second-order valence-corrected chi connectivity index (χ2v) is 18.2. The SMILES string of the molecule is CC(=O)O[C@@H]([C@H]1C[C@@H](C)[C@H]2[C@H](O1)[C@H](O)[C@@]1(C)[C@@H]3CC[C@H]4C(C)(C)[C@@H](O[C@H]5CCCCO5)CC[C@@]45CC35CC[C@]21C)C(C)(C)O. The smallest absolute Gasteiger partial charge is 0.303 e. The lowest BCUT2D eigenvalue weighted by Gasteiger charge is -2.64. The quantitative estimate of drug-likeness (QED) is 0.272. The Bertz CT molecular complexity index is 1140. The number of fused-ring (bicyclic) bond motifs is 4. The van der Waals surface area contributed by atoms with Gasteiger partial charge in [0.05, 0.1) is 30.0 Å². The van der Waals surface area contributed by atoms with E-state index in [2.05, 4.69) is 34.6 Å². The van der Waals surface area contributed by atoms with Crippen LogP contribution in [0.4, 0.5) is 0 Å². The largest absolute Gasteiger partial charge is 0.457 e. The number of aliphatic hydroxyl groups excluding tert-OH is 1. The van der Waals surface area contributed by atoms with E-state index in [0.717, 1.165) is 38.7 Å². The zero-order chi connectivity index (χ0) is 31.7. The average Bonchev–Trinajstić information content (AvgIpc) is 3.58. The Hall–Kier alpha value is -0.730. The van der Waals surface area contributed by atoms with Crippen molar-refractivity contribution in [3.8, 4) is 0 Å². The van der Waals surface area contributed by atoms with Gasteiger partial charge in [-0.1, -0.05) is 34.6 Å². The molecule has 7 fully saturated rings. The van der Waals surface area contributed by atoms with E-state index in [1.807, 2.05) is 0 Å². The van der Waals surface area contributed by atoms with Crippen LogP contribution in [0, 0.1) is 50.7 Å². The Morgan fingerprint density at radius 1 is 0.977 bits per heavy atom. The Labute approximate surface area is 265 Å². The molecule has 0 radical (unpaired) electrons. The molecule has 7 heteroatoms. The molecular formula is C37H60O7. The Morgan fingerprint density at radius 3 is 2.34 bits per heavy atom. The van der Waals surface area contributed by atoms with Crippen LogP contribution in [-0.2, 0) is 23.7 Å². The summed E-state index contributed by atoms with van der Waals surface area (Å²) in [6.07, 6.45) is 10.5. The van der Waals surface area contributed by atoms with E-state index < -0.39 is 29.9 Å².